The number of piperazine rings is 1. The molecule has 3 saturated heterocycles. The van der Waals surface area contributed by atoms with Crippen molar-refractivity contribution in [3.05, 3.63) is 0 Å². The zero-order chi connectivity index (χ0) is 19.2. The zero-order valence-corrected chi connectivity index (χ0v) is 16.7. The molecule has 0 saturated carbocycles. The Morgan fingerprint density at radius 1 is 1.19 bits per heavy atom. The maximum Gasteiger partial charge on any atom is 0.237 e. The normalized spacial score (nSPS) is 33.9. The Labute approximate surface area is 156 Å². The van der Waals surface area contributed by atoms with Crippen molar-refractivity contribution in [1.82, 2.24) is 14.1 Å². The van der Waals surface area contributed by atoms with Gasteiger partial charge in [0, 0.05) is 45.3 Å². The first-order valence-corrected chi connectivity index (χ1v) is 11.3. The van der Waals surface area contributed by atoms with Crippen LogP contribution in [-0.2, 0) is 14.8 Å². The molecule has 3 heterocycles. The van der Waals surface area contributed by atoms with Gasteiger partial charge in [-0.05, 0) is 39.0 Å². The molecule has 3 aliphatic rings. The largest absolute Gasteiger partial charge is 0.388 e. The van der Waals surface area contributed by atoms with E-state index in [0.29, 0.717) is 45.3 Å². The van der Waals surface area contributed by atoms with Gasteiger partial charge in [0.15, 0.2) is 0 Å². The third-order valence-corrected chi connectivity index (χ3v) is 7.65. The predicted octanol–water partition coefficient (Wildman–Crippen LogP) is -0.813. The Hall–Kier alpha value is -0.740. The second kappa shape index (κ2) is 7.01. The first-order chi connectivity index (χ1) is 12.0. The van der Waals surface area contributed by atoms with Crippen molar-refractivity contribution in [3.63, 3.8) is 0 Å². The van der Waals surface area contributed by atoms with Crippen LogP contribution in [0.4, 0.5) is 0 Å². The topological polar surface area (TPSA) is 107 Å². The van der Waals surface area contributed by atoms with Gasteiger partial charge in [-0.15, -0.1) is 0 Å². The fourth-order valence-corrected chi connectivity index (χ4v) is 5.87. The first kappa shape index (κ1) is 20.0. The number of piperidine rings is 1. The Morgan fingerprint density at radius 2 is 1.85 bits per heavy atom. The lowest BCUT2D eigenvalue weighted by molar-refractivity contribution is -0.135. The van der Waals surface area contributed by atoms with E-state index in [1.54, 1.807) is 6.92 Å². The number of hydrogen-bond donors (Lipinski definition) is 2. The van der Waals surface area contributed by atoms with Crippen LogP contribution in [0.3, 0.4) is 0 Å². The van der Waals surface area contributed by atoms with Crippen LogP contribution < -0.4 is 5.73 Å². The van der Waals surface area contributed by atoms with E-state index in [9.17, 15) is 18.3 Å². The molecule has 150 valence electrons. The average Bonchev–Trinajstić information content (AvgIpc) is 2.73. The summed E-state index contributed by atoms with van der Waals surface area (Å²) in [5.74, 6) is -0.266. The number of fused-ring (bicyclic) bond motifs is 2. The summed E-state index contributed by atoms with van der Waals surface area (Å²) < 4.78 is 24.7. The van der Waals surface area contributed by atoms with Crippen molar-refractivity contribution >= 4 is 15.9 Å². The molecule has 0 aromatic heterocycles. The Kier molecular flexibility index (Phi) is 5.40. The van der Waals surface area contributed by atoms with Gasteiger partial charge in [0.05, 0.1) is 11.9 Å². The van der Waals surface area contributed by atoms with Gasteiger partial charge in [-0.3, -0.25) is 14.6 Å². The van der Waals surface area contributed by atoms with Crippen LogP contribution in [0.15, 0.2) is 0 Å². The zero-order valence-electron chi connectivity index (χ0n) is 15.9. The predicted molar refractivity (Wildman–Crippen MR) is 99.0 cm³/mol. The maximum atomic E-state index is 12.2. The van der Waals surface area contributed by atoms with Gasteiger partial charge in [-0.1, -0.05) is 0 Å². The number of carbonyl (C=O) groups is 1. The molecule has 26 heavy (non-hydrogen) atoms. The van der Waals surface area contributed by atoms with Crippen LogP contribution in [0.1, 0.15) is 39.0 Å². The van der Waals surface area contributed by atoms with E-state index in [1.807, 2.05) is 0 Å². The minimum atomic E-state index is -3.16. The van der Waals surface area contributed by atoms with Crippen LogP contribution in [0.25, 0.3) is 0 Å². The molecule has 3 fully saturated rings. The van der Waals surface area contributed by atoms with E-state index >= 15 is 0 Å². The van der Waals surface area contributed by atoms with Crippen molar-refractivity contribution in [2.75, 3.05) is 45.5 Å². The fourth-order valence-electron chi connectivity index (χ4n) is 5.04. The second-order valence-corrected chi connectivity index (χ2v) is 10.5. The molecule has 2 bridgehead atoms. The highest BCUT2D eigenvalue weighted by atomic mass is 32.2. The summed E-state index contributed by atoms with van der Waals surface area (Å²) in [5.41, 5.74) is 4.18. The number of primary amides is 1. The number of hydrogen-bond acceptors (Lipinski definition) is 6. The molecule has 0 aliphatic carbocycles. The van der Waals surface area contributed by atoms with E-state index in [2.05, 4.69) is 9.80 Å². The molecule has 0 aromatic carbocycles. The SMILES string of the molecule is CC(O)(CN1CCN(S(C)(=O)=O)CC1)CN1[C@@H]2CCC[C@@]1(C(N)=O)CC2. The summed E-state index contributed by atoms with van der Waals surface area (Å²) in [6.45, 7) is 4.80. The van der Waals surface area contributed by atoms with Crippen LogP contribution >= 0.6 is 0 Å². The maximum absolute atomic E-state index is 12.2. The molecule has 8 nitrogen and oxygen atoms in total. The highest BCUT2D eigenvalue weighted by Crippen LogP contribution is 2.44. The minimum Gasteiger partial charge on any atom is -0.388 e. The molecular weight excluding hydrogens is 356 g/mol. The van der Waals surface area contributed by atoms with Crippen LogP contribution in [0, 0.1) is 0 Å². The number of aliphatic hydroxyl groups is 1. The molecule has 9 heteroatoms. The van der Waals surface area contributed by atoms with Gasteiger partial charge in [-0.2, -0.15) is 4.31 Å². The van der Waals surface area contributed by atoms with E-state index in [4.69, 9.17) is 5.73 Å². The minimum absolute atomic E-state index is 0.266. The van der Waals surface area contributed by atoms with Gasteiger partial charge >= 0.3 is 0 Å². The number of β-amino-alcohol motifs (C(OH)–C–C–N with tert-alkyl or cyclic N) is 1. The summed E-state index contributed by atoms with van der Waals surface area (Å²) >= 11 is 0. The first-order valence-electron chi connectivity index (χ1n) is 9.50. The summed E-state index contributed by atoms with van der Waals surface area (Å²) in [4.78, 5) is 16.4. The molecule has 3 aliphatic heterocycles. The number of nitrogens with two attached hydrogens (primary N) is 1. The van der Waals surface area contributed by atoms with Gasteiger partial charge in [0.25, 0.3) is 0 Å². The van der Waals surface area contributed by atoms with Crippen molar-refractivity contribution in [2.45, 2.75) is 56.2 Å². The third-order valence-electron chi connectivity index (χ3n) is 6.34. The summed E-state index contributed by atoms with van der Waals surface area (Å²) in [6.07, 6.45) is 5.83. The van der Waals surface area contributed by atoms with Crippen LogP contribution in [-0.4, -0.2) is 96.2 Å². The summed E-state index contributed by atoms with van der Waals surface area (Å²) in [7, 11) is -3.16. The smallest absolute Gasteiger partial charge is 0.237 e. The van der Waals surface area contributed by atoms with Gasteiger partial charge in [0.2, 0.25) is 15.9 Å². The van der Waals surface area contributed by atoms with Gasteiger partial charge < -0.3 is 10.8 Å². The Bertz CT molecular complexity index is 641. The molecule has 3 N–H and O–H groups in total. The molecule has 0 spiro atoms. The van der Waals surface area contributed by atoms with Crippen LogP contribution in [0.5, 0.6) is 0 Å². The molecule has 1 unspecified atom stereocenters. The third kappa shape index (κ3) is 3.91. The van der Waals surface area contributed by atoms with Gasteiger partial charge in [0.1, 0.15) is 5.54 Å². The van der Waals surface area contributed by atoms with Gasteiger partial charge in [-0.25, -0.2) is 8.42 Å². The average molecular weight is 389 g/mol. The lowest BCUT2D eigenvalue weighted by atomic mass is 9.86. The Balaban J connectivity index is 1.62. The number of carbonyl (C=O) groups excluding carboxylic acids is 1. The summed E-state index contributed by atoms with van der Waals surface area (Å²) in [5, 5.41) is 11.0. The van der Waals surface area contributed by atoms with Crippen molar-refractivity contribution in [1.29, 1.82) is 0 Å². The number of nitrogens with zero attached hydrogens (tertiary/aromatic N) is 3. The van der Waals surface area contributed by atoms with Crippen molar-refractivity contribution in [3.8, 4) is 0 Å². The Morgan fingerprint density at radius 3 is 2.42 bits per heavy atom. The standard InChI is InChI=1S/C17H32N4O4S/c1-16(23,12-19-8-10-20(11-9-19)26(2,24)25)13-21-14-4-3-6-17(21,7-5-14)15(18)22/h14,23H,3-13H2,1-2H3,(H2,18,22)/t14-,16?,17+/m1/s1. The number of rotatable bonds is 6. The fraction of sp³-hybridized carbons (Fsp3) is 0.941. The molecular formula is C17H32N4O4S. The molecule has 0 aromatic rings. The monoisotopic (exact) mass is 388 g/mol. The number of sulfonamides is 1. The number of amides is 1. The van der Waals surface area contributed by atoms with E-state index in [0.717, 1.165) is 32.1 Å². The highest BCUT2D eigenvalue weighted by Gasteiger charge is 2.54. The van der Waals surface area contributed by atoms with E-state index < -0.39 is 21.2 Å². The van der Waals surface area contributed by atoms with Crippen molar-refractivity contribution < 1.29 is 18.3 Å². The summed E-state index contributed by atoms with van der Waals surface area (Å²) in [6, 6.07) is 0.324. The highest BCUT2D eigenvalue weighted by molar-refractivity contribution is 7.88. The molecule has 3 rings (SSSR count). The molecule has 3 atom stereocenters. The molecule has 1 amide bonds. The molecule has 0 radical (unpaired) electrons. The van der Waals surface area contributed by atoms with Crippen LogP contribution in [0.2, 0.25) is 0 Å². The van der Waals surface area contributed by atoms with E-state index in [1.165, 1.54) is 10.6 Å². The lowest BCUT2D eigenvalue weighted by Gasteiger charge is -2.46. The lowest BCUT2D eigenvalue weighted by Crippen LogP contribution is -2.63. The quantitative estimate of drug-likeness (QED) is 0.616. The van der Waals surface area contributed by atoms with E-state index in [-0.39, 0.29) is 5.91 Å². The van der Waals surface area contributed by atoms with Crippen molar-refractivity contribution in [2.24, 2.45) is 5.73 Å². The second-order valence-electron chi connectivity index (χ2n) is 8.54.